The molecule has 0 radical (unpaired) electrons. The van der Waals surface area contributed by atoms with Crippen molar-refractivity contribution in [2.75, 3.05) is 5.73 Å². The first kappa shape index (κ1) is 11.2. The van der Waals surface area contributed by atoms with Gasteiger partial charge in [-0.3, -0.25) is 0 Å². The Morgan fingerprint density at radius 1 is 1.29 bits per heavy atom. The van der Waals surface area contributed by atoms with Crippen LogP contribution in [0.4, 0.5) is 5.69 Å². The summed E-state index contributed by atoms with van der Waals surface area (Å²) in [6.07, 6.45) is 1.24. The number of benzene rings is 1. The zero-order valence-electron chi connectivity index (χ0n) is 8.59. The van der Waals surface area contributed by atoms with Gasteiger partial charge in [0, 0.05) is 0 Å². The quantitative estimate of drug-likeness (QED) is 0.823. The highest BCUT2D eigenvalue weighted by molar-refractivity contribution is 6.32. The molecule has 0 amide bonds. The van der Waals surface area contributed by atoms with Crippen LogP contribution in [0, 0.1) is 11.3 Å². The van der Waals surface area contributed by atoms with Crippen LogP contribution in [0.5, 0.6) is 11.6 Å². The monoisotopic (exact) mass is 246 g/mol. The summed E-state index contributed by atoms with van der Waals surface area (Å²) in [7, 11) is 0. The Bertz CT molecular complexity index is 594. The highest BCUT2D eigenvalue weighted by Crippen LogP contribution is 2.30. The van der Waals surface area contributed by atoms with Crippen LogP contribution in [0.25, 0.3) is 0 Å². The van der Waals surface area contributed by atoms with E-state index in [0.717, 1.165) is 0 Å². The minimum Gasteiger partial charge on any atom is -0.436 e. The minimum absolute atomic E-state index is 0.115. The Labute approximate surface area is 102 Å². The first-order valence-corrected chi connectivity index (χ1v) is 5.03. The third-order valence-corrected chi connectivity index (χ3v) is 2.31. The fraction of sp³-hybridized carbons (Fsp3) is 0. The number of rotatable bonds is 2. The Hall–Kier alpha value is -2.32. The largest absolute Gasteiger partial charge is 0.436 e. The van der Waals surface area contributed by atoms with E-state index in [-0.39, 0.29) is 16.7 Å². The van der Waals surface area contributed by atoms with Crippen molar-refractivity contribution in [3.8, 4) is 17.7 Å². The molecule has 5 nitrogen and oxygen atoms in total. The van der Waals surface area contributed by atoms with E-state index in [9.17, 15) is 0 Å². The fourth-order valence-electron chi connectivity index (χ4n) is 1.19. The Kier molecular flexibility index (Phi) is 3.08. The van der Waals surface area contributed by atoms with Gasteiger partial charge in [-0.1, -0.05) is 23.7 Å². The standard InChI is InChI=1S/C11H7ClN4O/c12-10-9(14)11(16-6-15-10)17-8-4-2-1-3-7(8)5-13/h1-4,6H,14H2. The van der Waals surface area contributed by atoms with Crippen LogP contribution in [-0.4, -0.2) is 9.97 Å². The molecule has 2 N–H and O–H groups in total. The lowest BCUT2D eigenvalue weighted by Crippen LogP contribution is -1.98. The summed E-state index contributed by atoms with van der Waals surface area (Å²) >= 11 is 5.73. The Balaban J connectivity index is 2.39. The third-order valence-electron chi connectivity index (χ3n) is 2.01. The van der Waals surface area contributed by atoms with Gasteiger partial charge in [0.25, 0.3) is 0 Å². The molecule has 0 fully saturated rings. The lowest BCUT2D eigenvalue weighted by Gasteiger charge is -2.08. The van der Waals surface area contributed by atoms with E-state index in [4.69, 9.17) is 27.3 Å². The maximum absolute atomic E-state index is 8.90. The van der Waals surface area contributed by atoms with Crippen LogP contribution >= 0.6 is 11.6 Å². The maximum atomic E-state index is 8.90. The summed E-state index contributed by atoms with van der Waals surface area (Å²) in [6.45, 7) is 0. The van der Waals surface area contributed by atoms with Crippen LogP contribution in [0.15, 0.2) is 30.6 Å². The van der Waals surface area contributed by atoms with Gasteiger partial charge in [0.2, 0.25) is 5.88 Å². The van der Waals surface area contributed by atoms with E-state index in [1.54, 1.807) is 24.3 Å². The molecular formula is C11H7ClN4O. The lowest BCUT2D eigenvalue weighted by molar-refractivity contribution is 0.463. The zero-order valence-corrected chi connectivity index (χ0v) is 9.35. The van der Waals surface area contributed by atoms with Crippen molar-refractivity contribution in [2.24, 2.45) is 0 Å². The number of ether oxygens (including phenoxy) is 1. The van der Waals surface area contributed by atoms with E-state index in [2.05, 4.69) is 9.97 Å². The van der Waals surface area contributed by atoms with Crippen molar-refractivity contribution in [3.63, 3.8) is 0 Å². The van der Waals surface area contributed by atoms with Gasteiger partial charge in [0.05, 0.1) is 5.56 Å². The molecule has 6 heteroatoms. The summed E-state index contributed by atoms with van der Waals surface area (Å²) in [5, 5.41) is 9.02. The first-order chi connectivity index (χ1) is 8.22. The highest BCUT2D eigenvalue weighted by Gasteiger charge is 2.10. The van der Waals surface area contributed by atoms with Crippen molar-refractivity contribution in [2.45, 2.75) is 0 Å². The number of nitrogen functional groups attached to an aromatic ring is 1. The van der Waals surface area contributed by atoms with Gasteiger partial charge >= 0.3 is 0 Å². The number of nitrogens with zero attached hydrogens (tertiary/aromatic N) is 3. The molecule has 0 spiro atoms. The van der Waals surface area contributed by atoms with Gasteiger partial charge in [-0.2, -0.15) is 10.2 Å². The van der Waals surface area contributed by atoms with Gasteiger partial charge in [-0.25, -0.2) is 4.98 Å². The summed E-state index contributed by atoms with van der Waals surface area (Å²) in [4.78, 5) is 7.57. The van der Waals surface area contributed by atoms with Crippen LogP contribution in [0.3, 0.4) is 0 Å². The predicted octanol–water partition coefficient (Wildman–Crippen LogP) is 2.38. The van der Waals surface area contributed by atoms with Crippen molar-refractivity contribution in [1.82, 2.24) is 9.97 Å². The van der Waals surface area contributed by atoms with Gasteiger partial charge in [-0.15, -0.1) is 0 Å². The second-order valence-electron chi connectivity index (χ2n) is 3.09. The molecule has 0 aliphatic carbocycles. The fourth-order valence-corrected chi connectivity index (χ4v) is 1.32. The molecule has 2 rings (SSSR count). The second-order valence-corrected chi connectivity index (χ2v) is 3.45. The molecule has 1 aromatic carbocycles. The summed E-state index contributed by atoms with van der Waals surface area (Å²) in [5.74, 6) is 0.504. The van der Waals surface area contributed by atoms with Crippen LogP contribution in [-0.2, 0) is 0 Å². The molecule has 0 saturated heterocycles. The van der Waals surface area contributed by atoms with Crippen LogP contribution in [0.2, 0.25) is 5.15 Å². The number of hydrogen-bond acceptors (Lipinski definition) is 5. The normalized spacial score (nSPS) is 9.65. The number of halogens is 1. The third kappa shape index (κ3) is 2.27. The number of aromatic nitrogens is 2. The molecule has 0 unspecified atom stereocenters. The summed E-state index contributed by atoms with van der Waals surface area (Å²) in [5.41, 5.74) is 6.19. The van der Waals surface area contributed by atoms with Crippen LogP contribution < -0.4 is 10.5 Å². The minimum atomic E-state index is 0.115. The molecule has 0 aliphatic heterocycles. The number of para-hydroxylation sites is 1. The van der Waals surface area contributed by atoms with Gasteiger partial charge < -0.3 is 10.5 Å². The smallest absolute Gasteiger partial charge is 0.247 e. The number of nitrogens with two attached hydrogens (primary N) is 1. The SMILES string of the molecule is N#Cc1ccccc1Oc1ncnc(Cl)c1N. The van der Waals surface area contributed by atoms with Crippen molar-refractivity contribution >= 4 is 17.3 Å². The first-order valence-electron chi connectivity index (χ1n) is 4.65. The molecule has 1 aromatic heterocycles. The Morgan fingerprint density at radius 2 is 2.06 bits per heavy atom. The van der Waals surface area contributed by atoms with Crippen molar-refractivity contribution < 1.29 is 4.74 Å². The van der Waals surface area contributed by atoms with Crippen molar-refractivity contribution in [1.29, 1.82) is 5.26 Å². The average molecular weight is 247 g/mol. The molecule has 0 saturated carbocycles. The molecule has 2 aromatic rings. The van der Waals surface area contributed by atoms with Crippen LogP contribution in [0.1, 0.15) is 5.56 Å². The number of nitriles is 1. The van der Waals surface area contributed by atoms with E-state index < -0.39 is 0 Å². The van der Waals surface area contributed by atoms with Gasteiger partial charge in [-0.05, 0) is 12.1 Å². The highest BCUT2D eigenvalue weighted by atomic mass is 35.5. The summed E-state index contributed by atoms with van der Waals surface area (Å²) < 4.78 is 5.43. The topological polar surface area (TPSA) is 84.8 Å². The predicted molar refractivity (Wildman–Crippen MR) is 62.7 cm³/mol. The molecule has 1 heterocycles. The molecule has 84 valence electrons. The van der Waals surface area contributed by atoms with Crippen molar-refractivity contribution in [3.05, 3.63) is 41.3 Å². The molecule has 0 bridgehead atoms. The maximum Gasteiger partial charge on any atom is 0.247 e. The average Bonchev–Trinajstić information content (AvgIpc) is 2.35. The molecular weight excluding hydrogens is 240 g/mol. The van der Waals surface area contributed by atoms with E-state index in [1.807, 2.05) is 6.07 Å². The lowest BCUT2D eigenvalue weighted by atomic mass is 10.2. The van der Waals surface area contributed by atoms with E-state index >= 15 is 0 Å². The number of hydrogen-bond donors (Lipinski definition) is 1. The zero-order chi connectivity index (χ0) is 12.3. The molecule has 0 atom stereocenters. The summed E-state index contributed by atoms with van der Waals surface area (Å²) in [6, 6.07) is 8.77. The second kappa shape index (κ2) is 4.68. The molecule has 17 heavy (non-hydrogen) atoms. The van der Waals surface area contributed by atoms with E-state index in [1.165, 1.54) is 6.33 Å². The van der Waals surface area contributed by atoms with Gasteiger partial charge in [0.1, 0.15) is 23.8 Å². The molecule has 0 aliphatic rings. The van der Waals surface area contributed by atoms with Gasteiger partial charge in [0.15, 0.2) is 5.15 Å². The number of anilines is 1. The van der Waals surface area contributed by atoms with E-state index in [0.29, 0.717) is 11.3 Å². The Morgan fingerprint density at radius 3 is 2.82 bits per heavy atom.